The molecule has 5 nitrogen and oxygen atoms in total. The minimum atomic E-state index is -0.148. The van der Waals surface area contributed by atoms with Crippen LogP contribution in [0, 0.1) is 0 Å². The highest BCUT2D eigenvalue weighted by Gasteiger charge is 2.32. The molecular weight excluding hydrogens is 348 g/mol. The first-order valence-corrected chi connectivity index (χ1v) is 10.7. The van der Waals surface area contributed by atoms with Crippen molar-refractivity contribution in [2.75, 3.05) is 5.32 Å². The molecule has 2 N–H and O–H groups in total. The van der Waals surface area contributed by atoms with Crippen molar-refractivity contribution in [3.8, 4) is 0 Å². The van der Waals surface area contributed by atoms with Crippen LogP contribution in [-0.4, -0.2) is 21.2 Å². The predicted octanol–water partition coefficient (Wildman–Crippen LogP) is 5.73. The van der Waals surface area contributed by atoms with E-state index in [9.17, 15) is 4.79 Å². The number of benzene rings is 1. The Balaban J connectivity index is 0.00000136. The zero-order chi connectivity index (χ0) is 20.7. The summed E-state index contributed by atoms with van der Waals surface area (Å²) < 4.78 is 1.94. The van der Waals surface area contributed by atoms with E-state index in [0.717, 1.165) is 31.5 Å². The lowest BCUT2D eigenvalue weighted by Crippen LogP contribution is -2.47. The molecule has 1 aromatic heterocycles. The van der Waals surface area contributed by atoms with E-state index in [1.807, 2.05) is 24.6 Å². The molecule has 5 heteroatoms. The highest BCUT2D eigenvalue weighted by molar-refractivity contribution is 5.99. The van der Waals surface area contributed by atoms with E-state index in [-0.39, 0.29) is 23.5 Å². The van der Waals surface area contributed by atoms with Crippen LogP contribution in [0.15, 0.2) is 36.5 Å². The van der Waals surface area contributed by atoms with Gasteiger partial charge in [-0.25, -0.2) is 4.68 Å². The lowest BCUT2D eigenvalue weighted by Gasteiger charge is -2.33. The molecule has 0 saturated heterocycles. The minimum Gasteiger partial charge on any atom is -0.363 e. The SMILES string of the molecule is CC.CCC(CC)(CC)NC(=O)c1cnn2c1NC(c1ccccc1)CC2C. The maximum atomic E-state index is 13.0. The summed E-state index contributed by atoms with van der Waals surface area (Å²) in [5.41, 5.74) is 1.73. The number of carbonyl (C=O) groups is 1. The number of hydrogen-bond donors (Lipinski definition) is 2. The van der Waals surface area contributed by atoms with E-state index in [0.29, 0.717) is 5.56 Å². The topological polar surface area (TPSA) is 59.0 Å². The monoisotopic (exact) mass is 384 g/mol. The maximum absolute atomic E-state index is 13.0. The Labute approximate surface area is 169 Å². The molecule has 0 radical (unpaired) electrons. The smallest absolute Gasteiger partial charge is 0.257 e. The molecule has 0 bridgehead atoms. The van der Waals surface area contributed by atoms with Crippen LogP contribution in [-0.2, 0) is 0 Å². The number of carbonyl (C=O) groups excluding carboxylic acids is 1. The van der Waals surface area contributed by atoms with E-state index in [1.54, 1.807) is 6.20 Å². The van der Waals surface area contributed by atoms with Gasteiger partial charge in [-0.05, 0) is 38.2 Å². The van der Waals surface area contributed by atoms with Gasteiger partial charge in [0.05, 0.1) is 18.3 Å². The van der Waals surface area contributed by atoms with Crippen LogP contribution in [0.4, 0.5) is 5.82 Å². The molecular formula is C23H36N4O. The first-order chi connectivity index (χ1) is 13.5. The minimum absolute atomic E-state index is 0.0368. The van der Waals surface area contributed by atoms with Crippen molar-refractivity contribution in [2.45, 2.75) is 84.8 Å². The van der Waals surface area contributed by atoms with E-state index < -0.39 is 0 Å². The standard InChI is InChI=1S/C21H30N4O.C2H6/c1-5-21(6-2,7-3)24-20(26)17-14-22-25-15(4)13-18(23-19(17)25)16-11-9-8-10-12-16;1-2/h8-12,14-15,18,23H,5-7,13H2,1-4H3,(H,24,26);1-2H3. The molecule has 3 rings (SSSR count). The Hall–Kier alpha value is -2.30. The summed E-state index contributed by atoms with van der Waals surface area (Å²) in [6, 6.07) is 10.8. The average molecular weight is 385 g/mol. The molecule has 0 aliphatic carbocycles. The second-order valence-corrected chi connectivity index (χ2v) is 7.34. The number of amides is 1. The van der Waals surface area contributed by atoms with Crippen molar-refractivity contribution >= 4 is 11.7 Å². The molecule has 1 amide bonds. The van der Waals surface area contributed by atoms with Crippen LogP contribution < -0.4 is 10.6 Å². The first kappa shape index (κ1) is 22.0. The third-order valence-corrected chi connectivity index (χ3v) is 5.96. The fraction of sp³-hybridized carbons (Fsp3) is 0.565. The second-order valence-electron chi connectivity index (χ2n) is 7.34. The maximum Gasteiger partial charge on any atom is 0.257 e. The molecule has 28 heavy (non-hydrogen) atoms. The van der Waals surface area contributed by atoms with Crippen molar-refractivity contribution in [3.63, 3.8) is 0 Å². The summed E-state index contributed by atoms with van der Waals surface area (Å²) in [6.45, 7) is 12.6. The van der Waals surface area contributed by atoms with Crippen LogP contribution in [0.1, 0.15) is 95.2 Å². The summed E-state index contributed by atoms with van der Waals surface area (Å²) in [4.78, 5) is 13.0. The molecule has 0 saturated carbocycles. The lowest BCUT2D eigenvalue weighted by atomic mass is 9.89. The third kappa shape index (κ3) is 4.40. The molecule has 2 aromatic rings. The van der Waals surface area contributed by atoms with Gasteiger partial charge in [-0.1, -0.05) is 65.0 Å². The molecule has 0 fully saturated rings. The van der Waals surface area contributed by atoms with Crippen molar-refractivity contribution in [2.24, 2.45) is 0 Å². The van der Waals surface area contributed by atoms with E-state index in [1.165, 1.54) is 5.56 Å². The van der Waals surface area contributed by atoms with Crippen LogP contribution in [0.5, 0.6) is 0 Å². The predicted molar refractivity (Wildman–Crippen MR) is 117 cm³/mol. The Kier molecular flexibility index (Phi) is 7.67. The summed E-state index contributed by atoms with van der Waals surface area (Å²) in [6.07, 6.45) is 5.42. The Bertz CT molecular complexity index is 741. The second kappa shape index (κ2) is 9.76. The Morgan fingerprint density at radius 3 is 2.36 bits per heavy atom. The number of aromatic nitrogens is 2. The Morgan fingerprint density at radius 2 is 1.79 bits per heavy atom. The fourth-order valence-electron chi connectivity index (χ4n) is 3.90. The number of rotatable bonds is 6. The van der Waals surface area contributed by atoms with Gasteiger partial charge in [0.1, 0.15) is 11.4 Å². The first-order valence-electron chi connectivity index (χ1n) is 10.7. The van der Waals surface area contributed by atoms with Crippen molar-refractivity contribution in [1.82, 2.24) is 15.1 Å². The molecule has 154 valence electrons. The highest BCUT2D eigenvalue weighted by Crippen LogP contribution is 2.36. The van der Waals surface area contributed by atoms with Crippen molar-refractivity contribution in [1.29, 1.82) is 0 Å². The molecule has 2 unspecified atom stereocenters. The van der Waals surface area contributed by atoms with Gasteiger partial charge < -0.3 is 10.6 Å². The van der Waals surface area contributed by atoms with Gasteiger partial charge in [0.15, 0.2) is 0 Å². The fourth-order valence-corrected chi connectivity index (χ4v) is 3.90. The Morgan fingerprint density at radius 1 is 1.18 bits per heavy atom. The zero-order valence-electron chi connectivity index (χ0n) is 18.2. The summed E-state index contributed by atoms with van der Waals surface area (Å²) in [5.74, 6) is 0.789. The zero-order valence-corrected chi connectivity index (χ0v) is 18.2. The number of hydrogen-bond acceptors (Lipinski definition) is 3. The van der Waals surface area contributed by atoms with Gasteiger partial charge in [0.25, 0.3) is 5.91 Å². The highest BCUT2D eigenvalue weighted by atomic mass is 16.1. The molecule has 1 aliphatic rings. The van der Waals surface area contributed by atoms with Crippen LogP contribution in [0.25, 0.3) is 0 Å². The number of fused-ring (bicyclic) bond motifs is 1. The van der Waals surface area contributed by atoms with Gasteiger partial charge in [-0.3, -0.25) is 4.79 Å². The van der Waals surface area contributed by atoms with E-state index in [4.69, 9.17) is 0 Å². The van der Waals surface area contributed by atoms with Gasteiger partial charge in [-0.15, -0.1) is 0 Å². The van der Waals surface area contributed by atoms with Crippen molar-refractivity contribution in [3.05, 3.63) is 47.7 Å². The summed E-state index contributed by atoms with van der Waals surface area (Å²) in [7, 11) is 0. The summed E-state index contributed by atoms with van der Waals surface area (Å²) >= 11 is 0. The molecule has 1 aliphatic heterocycles. The third-order valence-electron chi connectivity index (χ3n) is 5.96. The molecule has 2 atom stereocenters. The quantitative estimate of drug-likeness (QED) is 0.669. The molecule has 0 spiro atoms. The molecule has 1 aromatic carbocycles. The van der Waals surface area contributed by atoms with Crippen LogP contribution in [0.2, 0.25) is 0 Å². The normalized spacial score (nSPS) is 18.4. The lowest BCUT2D eigenvalue weighted by molar-refractivity contribution is 0.0889. The van der Waals surface area contributed by atoms with Crippen LogP contribution in [0.3, 0.4) is 0 Å². The van der Waals surface area contributed by atoms with E-state index in [2.05, 4.69) is 67.7 Å². The van der Waals surface area contributed by atoms with E-state index >= 15 is 0 Å². The van der Waals surface area contributed by atoms with Gasteiger partial charge >= 0.3 is 0 Å². The van der Waals surface area contributed by atoms with Crippen molar-refractivity contribution < 1.29 is 4.79 Å². The molecule has 2 heterocycles. The number of nitrogens with zero attached hydrogens (tertiary/aromatic N) is 2. The van der Waals surface area contributed by atoms with Gasteiger partial charge in [0, 0.05) is 5.54 Å². The average Bonchev–Trinajstić information content (AvgIpc) is 3.19. The number of anilines is 1. The largest absolute Gasteiger partial charge is 0.363 e. The van der Waals surface area contributed by atoms with Gasteiger partial charge in [-0.2, -0.15) is 5.10 Å². The summed E-state index contributed by atoms with van der Waals surface area (Å²) in [5, 5.41) is 11.3. The van der Waals surface area contributed by atoms with Gasteiger partial charge in [0.2, 0.25) is 0 Å². The number of nitrogens with one attached hydrogen (secondary N) is 2. The van der Waals surface area contributed by atoms with Crippen LogP contribution >= 0.6 is 0 Å².